The van der Waals surface area contributed by atoms with Gasteiger partial charge in [-0.15, -0.1) is 0 Å². The van der Waals surface area contributed by atoms with E-state index in [9.17, 15) is 10.1 Å². The second-order valence-corrected chi connectivity index (χ2v) is 5.05. The van der Waals surface area contributed by atoms with Gasteiger partial charge in [0.2, 0.25) is 11.0 Å². The molecule has 18 heavy (non-hydrogen) atoms. The lowest BCUT2D eigenvalue weighted by atomic mass is 10.1. The first-order valence-electron chi connectivity index (χ1n) is 5.22. The number of nitrogens with one attached hydrogen (secondary N) is 1. The molecule has 0 unspecified atom stereocenters. The minimum Gasteiger partial charge on any atom is -0.377 e. The van der Waals surface area contributed by atoms with Crippen molar-refractivity contribution < 1.29 is 9.66 Å². The highest BCUT2D eigenvalue weighted by molar-refractivity contribution is 6.31. The molecule has 1 aromatic rings. The van der Waals surface area contributed by atoms with Crippen molar-refractivity contribution in [3.8, 4) is 0 Å². The summed E-state index contributed by atoms with van der Waals surface area (Å²) in [6.07, 6.45) is 0. The third-order valence-corrected chi connectivity index (χ3v) is 2.10. The molecule has 1 N–H and O–H groups in total. The van der Waals surface area contributed by atoms with Gasteiger partial charge in [-0.2, -0.15) is 0 Å². The average Bonchev–Trinajstić information content (AvgIpc) is 2.13. The van der Waals surface area contributed by atoms with E-state index in [2.05, 4.69) is 15.3 Å². The van der Waals surface area contributed by atoms with Crippen LogP contribution in [0.1, 0.15) is 26.6 Å². The van der Waals surface area contributed by atoms with E-state index in [0.29, 0.717) is 5.82 Å². The zero-order valence-electron chi connectivity index (χ0n) is 10.7. The van der Waals surface area contributed by atoms with Crippen molar-refractivity contribution in [3.63, 3.8) is 0 Å². The summed E-state index contributed by atoms with van der Waals surface area (Å²) in [5.41, 5.74) is -0.710. The minimum absolute atomic E-state index is 0.0968. The molecule has 8 heteroatoms. The van der Waals surface area contributed by atoms with Crippen LogP contribution < -0.4 is 5.32 Å². The molecular weight excluding hydrogens is 260 g/mol. The lowest BCUT2D eigenvalue weighted by molar-refractivity contribution is -0.384. The molecule has 0 spiro atoms. The summed E-state index contributed by atoms with van der Waals surface area (Å²) in [4.78, 5) is 18.2. The van der Waals surface area contributed by atoms with Gasteiger partial charge in [-0.1, -0.05) is 11.6 Å². The first kappa shape index (κ1) is 14.6. The fraction of sp³-hybridized carbons (Fsp3) is 0.600. The summed E-state index contributed by atoms with van der Waals surface area (Å²) in [6.45, 7) is 5.73. The molecule has 0 saturated carbocycles. The summed E-state index contributed by atoms with van der Waals surface area (Å²) in [5, 5.41) is 13.7. The van der Waals surface area contributed by atoms with Crippen molar-refractivity contribution in [2.75, 3.05) is 12.4 Å². The first-order valence-corrected chi connectivity index (χ1v) is 5.60. The third-order valence-electron chi connectivity index (χ3n) is 1.84. The number of halogens is 1. The van der Waals surface area contributed by atoms with Crippen LogP contribution in [0.4, 0.5) is 11.5 Å². The van der Waals surface area contributed by atoms with Crippen LogP contribution in [0.15, 0.2) is 0 Å². The molecule has 0 fully saturated rings. The molecule has 1 heterocycles. The van der Waals surface area contributed by atoms with E-state index in [-0.39, 0.29) is 28.8 Å². The molecule has 0 atom stereocenters. The van der Waals surface area contributed by atoms with Crippen LogP contribution in [0, 0.1) is 10.1 Å². The molecule has 0 aliphatic heterocycles. The Labute approximate surface area is 110 Å². The van der Waals surface area contributed by atoms with E-state index >= 15 is 0 Å². The monoisotopic (exact) mass is 274 g/mol. The van der Waals surface area contributed by atoms with Crippen LogP contribution in [0.2, 0.25) is 5.15 Å². The molecule has 1 aromatic heterocycles. The lowest BCUT2D eigenvalue weighted by Gasteiger charge is -2.21. The van der Waals surface area contributed by atoms with E-state index in [1.807, 2.05) is 20.8 Å². The van der Waals surface area contributed by atoms with Crippen molar-refractivity contribution in [1.29, 1.82) is 0 Å². The van der Waals surface area contributed by atoms with Crippen molar-refractivity contribution in [2.24, 2.45) is 0 Å². The summed E-state index contributed by atoms with van der Waals surface area (Å²) in [7, 11) is 1.48. The summed E-state index contributed by atoms with van der Waals surface area (Å²) < 4.78 is 4.89. The summed E-state index contributed by atoms with van der Waals surface area (Å²) in [6, 6.07) is 0. The van der Waals surface area contributed by atoms with Gasteiger partial charge in [-0.25, -0.2) is 9.97 Å². The molecule has 0 radical (unpaired) electrons. The average molecular weight is 275 g/mol. The normalized spacial score (nSPS) is 11.4. The number of hydrogen-bond acceptors (Lipinski definition) is 6. The Morgan fingerprint density at radius 3 is 2.50 bits per heavy atom. The Kier molecular flexibility index (Phi) is 4.42. The third kappa shape index (κ3) is 3.78. The highest BCUT2D eigenvalue weighted by atomic mass is 35.5. The maximum Gasteiger partial charge on any atom is 0.348 e. The van der Waals surface area contributed by atoms with E-state index in [4.69, 9.17) is 16.3 Å². The quantitative estimate of drug-likeness (QED) is 0.515. The van der Waals surface area contributed by atoms with Crippen molar-refractivity contribution in [2.45, 2.75) is 32.9 Å². The Balaban J connectivity index is 3.28. The molecular formula is C10H15ClN4O3. The smallest absolute Gasteiger partial charge is 0.348 e. The molecule has 7 nitrogen and oxygen atoms in total. The van der Waals surface area contributed by atoms with Gasteiger partial charge < -0.3 is 10.1 Å². The number of anilines is 1. The highest BCUT2D eigenvalue weighted by Gasteiger charge is 2.26. The Morgan fingerprint density at radius 1 is 1.44 bits per heavy atom. The number of aromatic nitrogens is 2. The molecule has 0 bridgehead atoms. The molecule has 0 saturated heterocycles. The number of nitro groups is 1. The predicted octanol–water partition coefficient (Wildman–Crippen LogP) is 2.40. The van der Waals surface area contributed by atoms with Gasteiger partial charge >= 0.3 is 5.69 Å². The second kappa shape index (κ2) is 5.45. The largest absolute Gasteiger partial charge is 0.377 e. The van der Waals surface area contributed by atoms with E-state index in [1.165, 1.54) is 7.11 Å². The highest BCUT2D eigenvalue weighted by Crippen LogP contribution is 2.31. The van der Waals surface area contributed by atoms with Gasteiger partial charge in [-0.05, 0) is 20.8 Å². The van der Waals surface area contributed by atoms with Crippen molar-refractivity contribution in [1.82, 2.24) is 9.97 Å². The van der Waals surface area contributed by atoms with Gasteiger partial charge in [0, 0.05) is 12.6 Å². The molecule has 0 aromatic carbocycles. The van der Waals surface area contributed by atoms with E-state index in [1.54, 1.807) is 0 Å². The maximum absolute atomic E-state index is 11.0. The maximum atomic E-state index is 11.0. The zero-order chi connectivity index (χ0) is 13.9. The molecule has 0 aliphatic carbocycles. The second-order valence-electron chi connectivity index (χ2n) is 4.69. The van der Waals surface area contributed by atoms with Crippen LogP contribution in [-0.2, 0) is 11.3 Å². The SMILES string of the molecule is COCc1nc(Cl)c([N+](=O)[O-])c(NC(C)(C)C)n1. The van der Waals surface area contributed by atoms with Crippen LogP contribution in [0.5, 0.6) is 0 Å². The van der Waals surface area contributed by atoms with Gasteiger partial charge in [-0.3, -0.25) is 10.1 Å². The van der Waals surface area contributed by atoms with Gasteiger partial charge in [0.05, 0.1) is 4.92 Å². The molecule has 100 valence electrons. The molecule has 0 aliphatic rings. The number of ether oxygens (including phenoxy) is 1. The topological polar surface area (TPSA) is 90.2 Å². The number of nitrogens with zero attached hydrogens (tertiary/aromatic N) is 3. The van der Waals surface area contributed by atoms with Crippen LogP contribution in [0.3, 0.4) is 0 Å². The lowest BCUT2D eigenvalue weighted by Crippen LogP contribution is -2.27. The standard InChI is InChI=1S/C10H15ClN4O3/c1-10(2,3)14-9-7(15(16)17)8(11)12-6(13-9)5-18-4/h5H2,1-4H3,(H,12,13,14). The minimum atomic E-state index is -0.604. The number of methoxy groups -OCH3 is 1. The Hall–Kier alpha value is -1.47. The first-order chi connectivity index (χ1) is 8.24. The Morgan fingerprint density at radius 2 is 2.06 bits per heavy atom. The van der Waals surface area contributed by atoms with Gasteiger partial charge in [0.1, 0.15) is 6.61 Å². The van der Waals surface area contributed by atoms with Crippen molar-refractivity contribution in [3.05, 3.63) is 21.1 Å². The van der Waals surface area contributed by atoms with Gasteiger partial charge in [0.15, 0.2) is 5.82 Å². The van der Waals surface area contributed by atoms with E-state index in [0.717, 1.165) is 0 Å². The van der Waals surface area contributed by atoms with Gasteiger partial charge in [0.25, 0.3) is 0 Å². The molecule has 1 rings (SSSR count). The predicted molar refractivity (Wildman–Crippen MR) is 67.8 cm³/mol. The fourth-order valence-corrected chi connectivity index (χ4v) is 1.52. The van der Waals surface area contributed by atoms with Crippen LogP contribution in [0.25, 0.3) is 0 Å². The number of rotatable bonds is 4. The molecule has 0 amide bonds. The van der Waals surface area contributed by atoms with Crippen LogP contribution >= 0.6 is 11.6 Å². The van der Waals surface area contributed by atoms with Crippen LogP contribution in [-0.4, -0.2) is 27.5 Å². The number of hydrogen-bond donors (Lipinski definition) is 1. The summed E-state index contributed by atoms with van der Waals surface area (Å²) >= 11 is 5.81. The zero-order valence-corrected chi connectivity index (χ0v) is 11.4. The Bertz CT molecular complexity index is 459. The van der Waals surface area contributed by atoms with E-state index < -0.39 is 4.92 Å². The van der Waals surface area contributed by atoms with Crippen molar-refractivity contribution >= 4 is 23.1 Å². The fourth-order valence-electron chi connectivity index (χ4n) is 1.27. The summed E-state index contributed by atoms with van der Waals surface area (Å²) in [5.74, 6) is 0.388.